The first kappa shape index (κ1) is 19.9. The van der Waals surface area contributed by atoms with Crippen LogP contribution in [0.2, 0.25) is 9.36 Å². The molecule has 0 aliphatic heterocycles. The summed E-state index contributed by atoms with van der Waals surface area (Å²) in [6, 6.07) is 11.2. The van der Waals surface area contributed by atoms with Crippen LogP contribution in [0.3, 0.4) is 0 Å². The maximum absolute atomic E-state index is 12.5. The van der Waals surface area contributed by atoms with Crippen molar-refractivity contribution in [2.75, 3.05) is 13.1 Å². The van der Waals surface area contributed by atoms with Crippen LogP contribution in [0.15, 0.2) is 49.1 Å². The second-order valence-electron chi connectivity index (χ2n) is 5.69. The molecular formula is C19H16Cl2N2O2S2. The molecule has 2 amide bonds. The number of nitrogens with one attached hydrogen (secondary N) is 1. The van der Waals surface area contributed by atoms with Crippen molar-refractivity contribution in [2.24, 2.45) is 0 Å². The lowest BCUT2D eigenvalue weighted by molar-refractivity contribution is -0.130. The van der Waals surface area contributed by atoms with Crippen LogP contribution in [0.4, 0.5) is 0 Å². The summed E-state index contributed by atoms with van der Waals surface area (Å²) in [5.74, 6) is -0.558. The number of rotatable bonds is 7. The molecule has 0 aliphatic carbocycles. The van der Waals surface area contributed by atoms with E-state index < -0.39 is 0 Å². The SMILES string of the molecule is C=CCN(Cc1ccc(Cl)s1)C(=O)CNC(=O)c1sc2ccccc2c1Cl. The molecule has 2 aromatic heterocycles. The summed E-state index contributed by atoms with van der Waals surface area (Å²) in [4.78, 5) is 28.0. The molecule has 1 aromatic carbocycles. The van der Waals surface area contributed by atoms with E-state index in [1.54, 1.807) is 17.0 Å². The second-order valence-corrected chi connectivity index (χ2v) is 8.92. The first-order valence-electron chi connectivity index (χ1n) is 8.07. The summed E-state index contributed by atoms with van der Waals surface area (Å²) in [5, 5.41) is 3.92. The lowest BCUT2D eigenvalue weighted by atomic mass is 10.2. The summed E-state index contributed by atoms with van der Waals surface area (Å²) in [5.41, 5.74) is 0. The van der Waals surface area contributed by atoms with Gasteiger partial charge in [0.2, 0.25) is 5.91 Å². The van der Waals surface area contributed by atoms with E-state index in [0.29, 0.717) is 27.3 Å². The van der Waals surface area contributed by atoms with Gasteiger partial charge in [0.05, 0.1) is 22.4 Å². The summed E-state index contributed by atoms with van der Waals surface area (Å²) in [6.07, 6.45) is 1.65. The van der Waals surface area contributed by atoms with E-state index >= 15 is 0 Å². The van der Waals surface area contributed by atoms with Crippen molar-refractivity contribution in [3.63, 3.8) is 0 Å². The zero-order chi connectivity index (χ0) is 19.4. The number of benzene rings is 1. The van der Waals surface area contributed by atoms with Gasteiger partial charge in [-0.2, -0.15) is 0 Å². The highest BCUT2D eigenvalue weighted by Crippen LogP contribution is 2.34. The van der Waals surface area contributed by atoms with Crippen LogP contribution in [0.1, 0.15) is 14.5 Å². The average molecular weight is 439 g/mol. The van der Waals surface area contributed by atoms with E-state index in [9.17, 15) is 9.59 Å². The molecule has 0 atom stereocenters. The fraction of sp³-hybridized carbons (Fsp3) is 0.158. The summed E-state index contributed by atoms with van der Waals surface area (Å²) >= 11 is 15.0. The molecule has 27 heavy (non-hydrogen) atoms. The molecule has 3 aromatic rings. The number of amides is 2. The highest BCUT2D eigenvalue weighted by molar-refractivity contribution is 7.21. The maximum atomic E-state index is 12.5. The molecule has 4 nitrogen and oxygen atoms in total. The standard InChI is InChI=1S/C19H16Cl2N2O2S2/c1-2-9-23(11-12-7-8-15(20)26-12)16(24)10-22-19(25)18-17(21)13-5-3-4-6-14(13)27-18/h2-8H,1,9-11H2,(H,22,25). The van der Waals surface area contributed by atoms with Gasteiger partial charge >= 0.3 is 0 Å². The summed E-state index contributed by atoms with van der Waals surface area (Å²) in [7, 11) is 0. The van der Waals surface area contributed by atoms with Gasteiger partial charge in [0, 0.05) is 21.5 Å². The monoisotopic (exact) mass is 438 g/mol. The van der Waals surface area contributed by atoms with Gasteiger partial charge in [0.15, 0.2) is 0 Å². The Kier molecular flexibility index (Phi) is 6.55. The summed E-state index contributed by atoms with van der Waals surface area (Å²) < 4.78 is 1.60. The third-order valence-electron chi connectivity index (χ3n) is 3.82. The molecule has 0 bridgehead atoms. The van der Waals surface area contributed by atoms with Gasteiger partial charge in [-0.25, -0.2) is 0 Å². The summed E-state index contributed by atoms with van der Waals surface area (Å²) in [6.45, 7) is 4.38. The van der Waals surface area contributed by atoms with Crippen molar-refractivity contribution in [1.82, 2.24) is 10.2 Å². The van der Waals surface area contributed by atoms with Gasteiger partial charge in [0.25, 0.3) is 5.91 Å². The third kappa shape index (κ3) is 4.71. The van der Waals surface area contributed by atoms with Crippen molar-refractivity contribution in [3.05, 3.63) is 68.2 Å². The number of fused-ring (bicyclic) bond motifs is 1. The van der Waals surface area contributed by atoms with Gasteiger partial charge in [0.1, 0.15) is 4.88 Å². The van der Waals surface area contributed by atoms with Crippen LogP contribution in [0.5, 0.6) is 0 Å². The molecule has 0 spiro atoms. The third-order valence-corrected chi connectivity index (χ3v) is 6.71. The van der Waals surface area contributed by atoms with E-state index in [0.717, 1.165) is 15.0 Å². The Morgan fingerprint density at radius 3 is 2.59 bits per heavy atom. The first-order valence-corrected chi connectivity index (χ1v) is 10.5. The Balaban J connectivity index is 1.66. The van der Waals surface area contributed by atoms with Crippen LogP contribution in [0, 0.1) is 0 Å². The Morgan fingerprint density at radius 2 is 1.93 bits per heavy atom. The minimum Gasteiger partial charge on any atom is -0.342 e. The van der Waals surface area contributed by atoms with Crippen molar-refractivity contribution in [1.29, 1.82) is 0 Å². The Bertz CT molecular complexity index is 997. The van der Waals surface area contributed by atoms with Crippen LogP contribution in [0.25, 0.3) is 10.1 Å². The largest absolute Gasteiger partial charge is 0.342 e. The van der Waals surface area contributed by atoms with Crippen molar-refractivity contribution < 1.29 is 9.59 Å². The molecule has 8 heteroatoms. The molecule has 0 aliphatic rings. The van der Waals surface area contributed by atoms with Crippen molar-refractivity contribution >= 4 is 67.8 Å². The molecule has 140 valence electrons. The number of thiophene rings is 2. The molecule has 0 saturated carbocycles. The highest BCUT2D eigenvalue weighted by Gasteiger charge is 2.19. The Labute approximate surface area is 175 Å². The number of hydrogen-bond acceptors (Lipinski definition) is 4. The predicted octanol–water partition coefficient (Wildman–Crippen LogP) is 5.21. The number of hydrogen-bond donors (Lipinski definition) is 1. The Morgan fingerprint density at radius 1 is 1.15 bits per heavy atom. The maximum Gasteiger partial charge on any atom is 0.263 e. The predicted molar refractivity (Wildman–Crippen MR) is 114 cm³/mol. The molecular weight excluding hydrogens is 423 g/mol. The van der Waals surface area contributed by atoms with E-state index in [1.807, 2.05) is 30.3 Å². The molecule has 0 fully saturated rings. The van der Waals surface area contributed by atoms with Crippen LogP contribution < -0.4 is 5.32 Å². The van der Waals surface area contributed by atoms with Crippen molar-refractivity contribution in [2.45, 2.75) is 6.54 Å². The van der Waals surface area contributed by atoms with E-state index in [4.69, 9.17) is 23.2 Å². The lowest BCUT2D eigenvalue weighted by Gasteiger charge is -2.20. The smallest absolute Gasteiger partial charge is 0.263 e. The first-order chi connectivity index (χ1) is 13.0. The average Bonchev–Trinajstić information content (AvgIpc) is 3.22. The Hall–Kier alpha value is -1.86. The molecule has 1 N–H and O–H groups in total. The number of nitrogens with zero attached hydrogens (tertiary/aromatic N) is 1. The molecule has 3 rings (SSSR count). The highest BCUT2D eigenvalue weighted by atomic mass is 35.5. The fourth-order valence-electron chi connectivity index (χ4n) is 2.54. The minimum absolute atomic E-state index is 0.115. The van der Waals surface area contributed by atoms with Crippen LogP contribution in [-0.4, -0.2) is 29.8 Å². The number of carbonyl (C=O) groups excluding carboxylic acids is 2. The van der Waals surface area contributed by atoms with E-state index in [1.165, 1.54) is 22.7 Å². The molecule has 0 radical (unpaired) electrons. The number of halogens is 2. The van der Waals surface area contributed by atoms with Gasteiger partial charge in [-0.15, -0.1) is 29.3 Å². The lowest BCUT2D eigenvalue weighted by Crippen LogP contribution is -2.39. The van der Waals surface area contributed by atoms with Gasteiger partial charge in [-0.05, 0) is 18.2 Å². The second kappa shape index (κ2) is 8.89. The zero-order valence-corrected chi connectivity index (χ0v) is 17.4. The van der Waals surface area contributed by atoms with Gasteiger partial charge in [-0.3, -0.25) is 9.59 Å². The van der Waals surface area contributed by atoms with E-state index in [2.05, 4.69) is 11.9 Å². The van der Waals surface area contributed by atoms with Crippen molar-refractivity contribution in [3.8, 4) is 0 Å². The topological polar surface area (TPSA) is 49.4 Å². The number of carbonyl (C=O) groups is 2. The molecule has 0 unspecified atom stereocenters. The zero-order valence-electron chi connectivity index (χ0n) is 14.2. The minimum atomic E-state index is -0.354. The quantitative estimate of drug-likeness (QED) is 0.514. The van der Waals surface area contributed by atoms with Gasteiger partial charge in [-0.1, -0.05) is 47.5 Å². The fourth-order valence-corrected chi connectivity index (χ4v) is 5.08. The normalized spacial score (nSPS) is 10.7. The molecule has 2 heterocycles. The molecule has 0 saturated heterocycles. The van der Waals surface area contributed by atoms with Crippen LogP contribution in [-0.2, 0) is 11.3 Å². The van der Waals surface area contributed by atoms with Crippen LogP contribution >= 0.6 is 45.9 Å². The van der Waals surface area contributed by atoms with E-state index in [-0.39, 0.29) is 18.4 Å². The van der Waals surface area contributed by atoms with Gasteiger partial charge < -0.3 is 10.2 Å².